The number of amides is 1. The molecule has 1 saturated heterocycles. The number of carbonyl (C=O) groups is 1. The Labute approximate surface area is 156 Å². The molecule has 2 aromatic rings. The predicted molar refractivity (Wildman–Crippen MR) is 105 cm³/mol. The normalized spacial score (nSPS) is 27.7. The lowest BCUT2D eigenvalue weighted by Crippen LogP contribution is -2.67. The number of hydrogen-bond acceptors (Lipinski definition) is 2. The van der Waals surface area contributed by atoms with Crippen LogP contribution >= 0.6 is 0 Å². The average molecular weight is 348 g/mol. The zero-order valence-electron chi connectivity index (χ0n) is 16.0. The van der Waals surface area contributed by atoms with Crippen molar-refractivity contribution in [2.75, 3.05) is 20.6 Å². The zero-order chi connectivity index (χ0) is 18.3. The maximum absolute atomic E-state index is 13.1. The summed E-state index contributed by atoms with van der Waals surface area (Å²) in [5.74, 6) is 0.215. The van der Waals surface area contributed by atoms with Gasteiger partial charge in [0, 0.05) is 18.5 Å². The number of piperidine rings is 1. The van der Waals surface area contributed by atoms with Crippen LogP contribution in [0, 0.1) is 0 Å². The molecule has 1 aliphatic carbocycles. The molecule has 2 bridgehead atoms. The van der Waals surface area contributed by atoms with Gasteiger partial charge in [0.05, 0.1) is 12.5 Å². The molecule has 0 radical (unpaired) electrons. The molecule has 0 aromatic heterocycles. The number of fused-ring (bicyclic) bond motifs is 4. The van der Waals surface area contributed by atoms with Gasteiger partial charge in [0.15, 0.2) is 0 Å². The first-order valence-corrected chi connectivity index (χ1v) is 9.59. The van der Waals surface area contributed by atoms with Crippen molar-refractivity contribution in [2.45, 2.75) is 43.7 Å². The van der Waals surface area contributed by atoms with E-state index >= 15 is 0 Å². The van der Waals surface area contributed by atoms with Gasteiger partial charge in [-0.3, -0.25) is 4.79 Å². The van der Waals surface area contributed by atoms with Crippen LogP contribution in [0.3, 0.4) is 0 Å². The lowest BCUT2D eigenvalue weighted by Gasteiger charge is -2.57. The van der Waals surface area contributed by atoms with Crippen LogP contribution in [0.5, 0.6) is 0 Å². The van der Waals surface area contributed by atoms with Crippen LogP contribution in [0.15, 0.2) is 54.6 Å². The van der Waals surface area contributed by atoms with Crippen LogP contribution in [-0.2, 0) is 23.1 Å². The lowest BCUT2D eigenvalue weighted by atomic mass is 9.61. The van der Waals surface area contributed by atoms with Crippen molar-refractivity contribution in [3.05, 3.63) is 71.3 Å². The van der Waals surface area contributed by atoms with Gasteiger partial charge in [0.2, 0.25) is 5.91 Å². The van der Waals surface area contributed by atoms with Crippen LogP contribution in [0.2, 0.25) is 0 Å². The first-order valence-electron chi connectivity index (χ1n) is 9.59. The van der Waals surface area contributed by atoms with E-state index in [1.807, 2.05) is 42.3 Å². The number of hydrogen-bond donors (Lipinski definition) is 0. The van der Waals surface area contributed by atoms with Crippen molar-refractivity contribution in [1.82, 2.24) is 9.80 Å². The molecule has 3 heteroatoms. The summed E-state index contributed by atoms with van der Waals surface area (Å²) in [7, 11) is 4.22. The Kier molecular flexibility index (Phi) is 4.36. The Morgan fingerprint density at radius 2 is 1.85 bits per heavy atom. The first kappa shape index (κ1) is 17.3. The molecule has 136 valence electrons. The van der Waals surface area contributed by atoms with Crippen molar-refractivity contribution >= 4 is 5.91 Å². The monoisotopic (exact) mass is 348 g/mol. The fourth-order valence-corrected chi connectivity index (χ4v) is 5.17. The molecule has 4 rings (SSSR count). The second-order valence-corrected chi connectivity index (χ2v) is 8.19. The molecule has 2 aliphatic rings. The molecule has 0 saturated carbocycles. The molecule has 0 spiro atoms. The summed E-state index contributed by atoms with van der Waals surface area (Å²) in [5.41, 5.74) is 4.00. The highest BCUT2D eigenvalue weighted by molar-refractivity contribution is 5.79. The highest BCUT2D eigenvalue weighted by atomic mass is 16.2. The van der Waals surface area contributed by atoms with Gasteiger partial charge in [-0.2, -0.15) is 0 Å². The third kappa shape index (κ3) is 2.75. The van der Waals surface area contributed by atoms with E-state index in [4.69, 9.17) is 0 Å². The minimum atomic E-state index is 0.0210. The number of likely N-dealkylation sites (tertiary alicyclic amines) is 1. The zero-order valence-corrected chi connectivity index (χ0v) is 16.0. The van der Waals surface area contributed by atoms with E-state index in [9.17, 15) is 4.79 Å². The maximum atomic E-state index is 13.1. The molecular weight excluding hydrogens is 320 g/mol. The maximum Gasteiger partial charge on any atom is 0.227 e. The summed E-state index contributed by atoms with van der Waals surface area (Å²) in [4.78, 5) is 17.6. The average Bonchev–Trinajstić information content (AvgIpc) is 2.65. The number of likely N-dealkylation sites (N-methyl/N-ethyl adjacent to an activating group) is 2. The molecule has 1 heterocycles. The van der Waals surface area contributed by atoms with E-state index in [1.165, 1.54) is 11.1 Å². The Bertz CT molecular complexity index is 803. The number of benzene rings is 2. The van der Waals surface area contributed by atoms with E-state index < -0.39 is 0 Å². The van der Waals surface area contributed by atoms with Crippen LogP contribution in [0.25, 0.3) is 0 Å². The van der Waals surface area contributed by atoms with Gasteiger partial charge in [-0.15, -0.1) is 0 Å². The lowest BCUT2D eigenvalue weighted by molar-refractivity contribution is -0.136. The third-order valence-corrected chi connectivity index (χ3v) is 6.64. The van der Waals surface area contributed by atoms with Gasteiger partial charge in [0.1, 0.15) is 0 Å². The Morgan fingerprint density at radius 3 is 2.62 bits per heavy atom. The number of rotatable bonds is 3. The number of nitrogens with zero attached hydrogens (tertiary/aromatic N) is 2. The van der Waals surface area contributed by atoms with E-state index in [2.05, 4.69) is 43.1 Å². The largest absolute Gasteiger partial charge is 0.340 e. The fraction of sp³-hybridized carbons (Fsp3) is 0.435. The van der Waals surface area contributed by atoms with E-state index in [0.29, 0.717) is 12.5 Å². The quantitative estimate of drug-likeness (QED) is 0.850. The SMILES string of the molecule is CN1CC[C@]2(C)c3ccccc3C[C@@H]1[C@@H]2N(C)C(=O)Cc1ccccc1. The molecule has 1 aliphatic heterocycles. The van der Waals surface area contributed by atoms with Gasteiger partial charge in [-0.1, -0.05) is 61.5 Å². The minimum Gasteiger partial charge on any atom is -0.340 e. The highest BCUT2D eigenvalue weighted by Crippen LogP contribution is 2.46. The Balaban J connectivity index is 1.67. The topological polar surface area (TPSA) is 23.6 Å². The van der Waals surface area contributed by atoms with Gasteiger partial charge >= 0.3 is 0 Å². The van der Waals surface area contributed by atoms with Crippen LogP contribution in [0.1, 0.15) is 30.0 Å². The molecular formula is C23H28N2O. The van der Waals surface area contributed by atoms with Gasteiger partial charge in [0.25, 0.3) is 0 Å². The van der Waals surface area contributed by atoms with E-state index in [-0.39, 0.29) is 17.4 Å². The molecule has 1 amide bonds. The van der Waals surface area contributed by atoms with Crippen molar-refractivity contribution in [2.24, 2.45) is 0 Å². The number of carbonyl (C=O) groups excluding carboxylic acids is 1. The standard InChI is InChI=1S/C23H28N2O/c1-23-13-14-24(2)20(16-18-11-7-8-12-19(18)23)22(23)25(3)21(26)15-17-9-5-4-6-10-17/h4-12,20,22H,13-16H2,1-3H3/t20-,22+,23-/m1/s1. The second-order valence-electron chi connectivity index (χ2n) is 8.19. The summed E-state index contributed by atoms with van der Waals surface area (Å²) < 4.78 is 0. The second kappa shape index (κ2) is 6.55. The minimum absolute atomic E-state index is 0.0210. The summed E-state index contributed by atoms with van der Waals surface area (Å²) in [5, 5.41) is 0. The molecule has 3 atom stereocenters. The first-order chi connectivity index (χ1) is 12.5. The van der Waals surface area contributed by atoms with Crippen LogP contribution in [-0.4, -0.2) is 48.4 Å². The van der Waals surface area contributed by atoms with E-state index in [0.717, 1.165) is 24.9 Å². The van der Waals surface area contributed by atoms with Crippen molar-refractivity contribution < 1.29 is 4.79 Å². The van der Waals surface area contributed by atoms with Crippen molar-refractivity contribution in [1.29, 1.82) is 0 Å². The summed E-state index contributed by atoms with van der Waals surface area (Å²) >= 11 is 0. The van der Waals surface area contributed by atoms with Gasteiger partial charge < -0.3 is 9.80 Å². The summed E-state index contributed by atoms with van der Waals surface area (Å²) in [6, 6.07) is 19.5. The molecule has 0 unspecified atom stereocenters. The Morgan fingerprint density at radius 1 is 1.15 bits per heavy atom. The Hall–Kier alpha value is -2.13. The van der Waals surface area contributed by atoms with Crippen molar-refractivity contribution in [3.63, 3.8) is 0 Å². The van der Waals surface area contributed by atoms with Crippen LogP contribution < -0.4 is 0 Å². The van der Waals surface area contributed by atoms with Crippen LogP contribution in [0.4, 0.5) is 0 Å². The van der Waals surface area contributed by atoms with E-state index in [1.54, 1.807) is 0 Å². The summed E-state index contributed by atoms with van der Waals surface area (Å²) in [6.07, 6.45) is 2.59. The smallest absolute Gasteiger partial charge is 0.227 e. The van der Waals surface area contributed by atoms with Gasteiger partial charge in [-0.05, 0) is 43.1 Å². The third-order valence-electron chi connectivity index (χ3n) is 6.64. The molecule has 2 aromatic carbocycles. The fourth-order valence-electron chi connectivity index (χ4n) is 5.17. The predicted octanol–water partition coefficient (Wildman–Crippen LogP) is 3.27. The highest BCUT2D eigenvalue weighted by Gasteiger charge is 2.52. The van der Waals surface area contributed by atoms with Crippen molar-refractivity contribution in [3.8, 4) is 0 Å². The summed E-state index contributed by atoms with van der Waals surface area (Å²) in [6.45, 7) is 3.45. The molecule has 1 fully saturated rings. The molecule has 0 N–H and O–H groups in total. The van der Waals surface area contributed by atoms with Gasteiger partial charge in [-0.25, -0.2) is 0 Å². The molecule has 3 nitrogen and oxygen atoms in total. The molecule has 26 heavy (non-hydrogen) atoms.